The Balaban J connectivity index is 1.65. The van der Waals surface area contributed by atoms with Gasteiger partial charge in [-0.1, -0.05) is 30.3 Å². The lowest BCUT2D eigenvalue weighted by Gasteiger charge is -2.32. The number of sulfonamides is 1. The van der Waals surface area contributed by atoms with Gasteiger partial charge in [-0.15, -0.1) is 0 Å². The van der Waals surface area contributed by atoms with Gasteiger partial charge in [-0.05, 0) is 55.6 Å². The van der Waals surface area contributed by atoms with E-state index >= 15 is 0 Å². The van der Waals surface area contributed by atoms with Gasteiger partial charge >= 0.3 is 0 Å². The zero-order valence-corrected chi connectivity index (χ0v) is 15.0. The Morgan fingerprint density at radius 3 is 2.16 bits per heavy atom. The molecule has 0 bridgehead atoms. The molecule has 1 saturated heterocycles. The van der Waals surface area contributed by atoms with Gasteiger partial charge in [0.05, 0.1) is 4.90 Å². The highest BCUT2D eigenvalue weighted by Gasteiger charge is 2.24. The van der Waals surface area contributed by atoms with Crippen LogP contribution in [0.25, 0.3) is 0 Å². The van der Waals surface area contributed by atoms with Crippen molar-refractivity contribution in [2.45, 2.75) is 23.7 Å². The zero-order chi connectivity index (χ0) is 17.9. The van der Waals surface area contributed by atoms with Crippen molar-refractivity contribution in [2.75, 3.05) is 20.1 Å². The number of amides is 1. The molecule has 0 unspecified atom stereocenters. The maximum Gasteiger partial charge on any atom is 0.253 e. The van der Waals surface area contributed by atoms with E-state index in [1.165, 1.54) is 24.7 Å². The van der Waals surface area contributed by atoms with Crippen LogP contribution in [0, 0.1) is 0 Å². The van der Waals surface area contributed by atoms with Crippen LogP contribution in [0.15, 0.2) is 59.5 Å². The fourth-order valence-corrected chi connectivity index (χ4v) is 3.95. The first-order valence-electron chi connectivity index (χ1n) is 8.39. The Bertz CT molecular complexity index is 825. The first-order chi connectivity index (χ1) is 12.0. The fraction of sp³-hybridized carbons (Fsp3) is 0.316. The molecule has 1 amide bonds. The Morgan fingerprint density at radius 2 is 1.60 bits per heavy atom. The molecule has 3 rings (SSSR count). The minimum atomic E-state index is -3.48. The number of piperidine rings is 1. The Morgan fingerprint density at radius 1 is 1.00 bits per heavy atom. The number of nitrogens with one attached hydrogen (secondary N) is 1. The number of hydrogen-bond donors (Lipinski definition) is 1. The van der Waals surface area contributed by atoms with Crippen LogP contribution in [0.4, 0.5) is 0 Å². The number of benzene rings is 2. The first kappa shape index (κ1) is 17.6. The van der Waals surface area contributed by atoms with Crippen molar-refractivity contribution >= 4 is 15.9 Å². The summed E-state index contributed by atoms with van der Waals surface area (Å²) in [7, 11) is -2.11. The second-order valence-corrected chi connectivity index (χ2v) is 8.10. The minimum Gasteiger partial charge on any atom is -0.339 e. The molecule has 2 aromatic rings. The summed E-state index contributed by atoms with van der Waals surface area (Å²) in [6.07, 6.45) is 1.89. The van der Waals surface area contributed by atoms with Crippen LogP contribution >= 0.6 is 0 Å². The standard InChI is InChI=1S/C19H22N2O3S/c1-20-25(23,24)18-9-7-17(8-10-18)19(22)21-13-11-16(12-14-21)15-5-3-2-4-6-15/h2-10,16,20H,11-14H2,1H3. The van der Waals surface area contributed by atoms with E-state index in [-0.39, 0.29) is 10.8 Å². The lowest BCUT2D eigenvalue weighted by atomic mass is 9.89. The van der Waals surface area contributed by atoms with Gasteiger partial charge in [0.2, 0.25) is 10.0 Å². The predicted octanol–water partition coefficient (Wildman–Crippen LogP) is 2.61. The summed E-state index contributed by atoms with van der Waals surface area (Å²) in [6, 6.07) is 16.5. The molecule has 0 spiro atoms. The number of carbonyl (C=O) groups is 1. The Labute approximate surface area is 148 Å². The molecule has 6 heteroatoms. The van der Waals surface area contributed by atoms with Crippen molar-refractivity contribution in [3.8, 4) is 0 Å². The quantitative estimate of drug-likeness (QED) is 0.914. The molecule has 1 fully saturated rings. The number of likely N-dealkylation sites (tertiary alicyclic amines) is 1. The van der Waals surface area contributed by atoms with Crippen molar-refractivity contribution in [3.63, 3.8) is 0 Å². The normalized spacial score (nSPS) is 16.0. The molecular formula is C19H22N2O3S. The monoisotopic (exact) mass is 358 g/mol. The fourth-order valence-electron chi connectivity index (χ4n) is 3.22. The average Bonchev–Trinajstić information content (AvgIpc) is 2.68. The molecule has 0 aromatic heterocycles. The van der Waals surface area contributed by atoms with E-state index in [0.717, 1.165) is 25.9 Å². The van der Waals surface area contributed by atoms with Crippen molar-refractivity contribution < 1.29 is 13.2 Å². The summed E-state index contributed by atoms with van der Waals surface area (Å²) in [5.74, 6) is 0.452. The van der Waals surface area contributed by atoms with Crippen LogP contribution in [-0.4, -0.2) is 39.4 Å². The lowest BCUT2D eigenvalue weighted by Crippen LogP contribution is -2.37. The Kier molecular flexibility index (Phi) is 5.20. The van der Waals surface area contributed by atoms with Gasteiger partial charge in [0.1, 0.15) is 0 Å². The van der Waals surface area contributed by atoms with Crippen LogP contribution in [0.2, 0.25) is 0 Å². The largest absolute Gasteiger partial charge is 0.339 e. The summed E-state index contributed by atoms with van der Waals surface area (Å²) in [5, 5.41) is 0. The van der Waals surface area contributed by atoms with E-state index in [9.17, 15) is 13.2 Å². The molecule has 0 aliphatic carbocycles. The van der Waals surface area contributed by atoms with E-state index in [1.54, 1.807) is 12.1 Å². The van der Waals surface area contributed by atoms with E-state index in [1.807, 2.05) is 23.1 Å². The minimum absolute atomic E-state index is 0.0417. The van der Waals surface area contributed by atoms with Crippen LogP contribution < -0.4 is 4.72 Å². The third kappa shape index (κ3) is 3.91. The van der Waals surface area contributed by atoms with Crippen LogP contribution in [-0.2, 0) is 10.0 Å². The van der Waals surface area contributed by atoms with Gasteiger partial charge in [0.25, 0.3) is 5.91 Å². The maximum atomic E-state index is 12.6. The molecule has 0 atom stereocenters. The summed E-state index contributed by atoms with van der Waals surface area (Å²) < 4.78 is 25.8. The molecule has 5 nitrogen and oxygen atoms in total. The summed E-state index contributed by atoms with van der Waals surface area (Å²) in [4.78, 5) is 14.6. The Hall–Kier alpha value is -2.18. The van der Waals surface area contributed by atoms with Crippen molar-refractivity contribution in [1.29, 1.82) is 0 Å². The molecule has 1 N–H and O–H groups in total. The second kappa shape index (κ2) is 7.37. The molecule has 132 valence electrons. The number of nitrogens with zero attached hydrogens (tertiary/aromatic N) is 1. The number of rotatable bonds is 4. The molecular weight excluding hydrogens is 336 g/mol. The van der Waals surface area contributed by atoms with Crippen LogP contribution in [0.1, 0.15) is 34.7 Å². The van der Waals surface area contributed by atoms with Gasteiger partial charge in [0, 0.05) is 18.7 Å². The molecule has 2 aromatic carbocycles. The highest BCUT2D eigenvalue weighted by molar-refractivity contribution is 7.89. The van der Waals surface area contributed by atoms with Gasteiger partial charge in [0.15, 0.2) is 0 Å². The number of carbonyl (C=O) groups excluding carboxylic acids is 1. The molecule has 1 aliphatic rings. The average molecular weight is 358 g/mol. The van der Waals surface area contributed by atoms with Gasteiger partial charge < -0.3 is 4.90 Å². The predicted molar refractivity (Wildman–Crippen MR) is 97.0 cm³/mol. The van der Waals surface area contributed by atoms with E-state index < -0.39 is 10.0 Å². The van der Waals surface area contributed by atoms with Crippen LogP contribution in [0.3, 0.4) is 0 Å². The molecule has 25 heavy (non-hydrogen) atoms. The van der Waals surface area contributed by atoms with Crippen LogP contribution in [0.5, 0.6) is 0 Å². The van der Waals surface area contributed by atoms with Crippen molar-refractivity contribution in [1.82, 2.24) is 9.62 Å². The van der Waals surface area contributed by atoms with Gasteiger partial charge in [-0.2, -0.15) is 0 Å². The second-order valence-electron chi connectivity index (χ2n) is 6.21. The third-order valence-corrected chi connectivity index (χ3v) is 6.16. The maximum absolute atomic E-state index is 12.6. The van der Waals surface area contributed by atoms with Gasteiger partial charge in [-0.25, -0.2) is 13.1 Å². The molecule has 1 heterocycles. The van der Waals surface area contributed by atoms with Crippen molar-refractivity contribution in [3.05, 3.63) is 65.7 Å². The third-order valence-electron chi connectivity index (χ3n) is 4.73. The smallest absolute Gasteiger partial charge is 0.253 e. The summed E-state index contributed by atoms with van der Waals surface area (Å²) >= 11 is 0. The first-order valence-corrected chi connectivity index (χ1v) is 9.87. The highest BCUT2D eigenvalue weighted by atomic mass is 32.2. The lowest BCUT2D eigenvalue weighted by molar-refractivity contribution is 0.0713. The topological polar surface area (TPSA) is 66.5 Å². The van der Waals surface area contributed by atoms with E-state index in [2.05, 4.69) is 16.9 Å². The van der Waals surface area contributed by atoms with E-state index in [0.29, 0.717) is 11.5 Å². The molecule has 0 radical (unpaired) electrons. The van der Waals surface area contributed by atoms with Crippen molar-refractivity contribution in [2.24, 2.45) is 0 Å². The van der Waals surface area contributed by atoms with Gasteiger partial charge in [-0.3, -0.25) is 4.79 Å². The molecule has 0 saturated carbocycles. The summed E-state index contributed by atoms with van der Waals surface area (Å²) in [6.45, 7) is 1.43. The SMILES string of the molecule is CNS(=O)(=O)c1ccc(C(=O)N2CCC(c3ccccc3)CC2)cc1. The highest BCUT2D eigenvalue weighted by Crippen LogP contribution is 2.28. The summed E-state index contributed by atoms with van der Waals surface area (Å²) in [5.41, 5.74) is 1.85. The number of hydrogen-bond acceptors (Lipinski definition) is 3. The molecule has 1 aliphatic heterocycles. The zero-order valence-electron chi connectivity index (χ0n) is 14.2. The van der Waals surface area contributed by atoms with E-state index in [4.69, 9.17) is 0 Å².